The fourth-order valence-electron chi connectivity index (χ4n) is 3.50. The number of carbonyl (C=O) groups excluding carboxylic acids is 2. The van der Waals surface area contributed by atoms with Crippen LogP contribution in [-0.4, -0.2) is 22.8 Å². The number of primary amides is 1. The van der Waals surface area contributed by atoms with Gasteiger partial charge in [-0.25, -0.2) is 0 Å². The highest BCUT2D eigenvalue weighted by molar-refractivity contribution is 7.99. The molecule has 0 fully saturated rings. The van der Waals surface area contributed by atoms with Crippen LogP contribution in [0.25, 0.3) is 10.9 Å². The number of carbonyl (C=O) groups is 2. The van der Waals surface area contributed by atoms with Crippen LogP contribution in [0.15, 0.2) is 88.7 Å². The number of fused-ring (bicyclic) bond motifs is 1. The van der Waals surface area contributed by atoms with Gasteiger partial charge in [0.05, 0.1) is 10.9 Å². The third kappa shape index (κ3) is 5.01. The molecule has 6 N–H and O–H groups in total. The van der Waals surface area contributed by atoms with E-state index in [2.05, 4.69) is 10.3 Å². The first-order valence-corrected chi connectivity index (χ1v) is 11.1. The quantitative estimate of drug-likeness (QED) is 0.332. The molecule has 1 aromatic heterocycles. The Morgan fingerprint density at radius 3 is 2.31 bits per heavy atom. The number of aromatic nitrogens is 1. The van der Waals surface area contributed by atoms with Gasteiger partial charge in [-0.1, -0.05) is 72.4 Å². The molecule has 32 heavy (non-hydrogen) atoms. The molecule has 0 aliphatic heterocycles. The van der Waals surface area contributed by atoms with Gasteiger partial charge in [0.25, 0.3) is 5.91 Å². The van der Waals surface area contributed by atoms with Crippen molar-refractivity contribution in [2.75, 3.05) is 0 Å². The lowest BCUT2D eigenvalue weighted by molar-refractivity contribution is -0.122. The molecule has 1 atom stereocenters. The second kappa shape index (κ2) is 9.72. The molecule has 3 aromatic carbocycles. The summed E-state index contributed by atoms with van der Waals surface area (Å²) < 4.78 is 0. The molecule has 0 radical (unpaired) electrons. The number of benzene rings is 3. The van der Waals surface area contributed by atoms with E-state index in [4.69, 9.17) is 11.5 Å². The number of H-pyrrole nitrogens is 1. The van der Waals surface area contributed by atoms with Gasteiger partial charge >= 0.3 is 0 Å². The first-order valence-electron chi connectivity index (χ1n) is 10.3. The average molecular weight is 445 g/mol. The zero-order chi connectivity index (χ0) is 22.5. The maximum absolute atomic E-state index is 12.4. The van der Waals surface area contributed by atoms with Crippen LogP contribution in [0.5, 0.6) is 0 Å². The Hall–Kier alpha value is -3.55. The fourth-order valence-corrected chi connectivity index (χ4v) is 4.57. The van der Waals surface area contributed by atoms with Gasteiger partial charge in [0.2, 0.25) is 5.91 Å². The SMILES string of the molecule is NC(=O)c1[nH]c2cc(CNC(=O)C(N)Cc3ccccc3)ccc2c1Sc1ccccc1. The first-order chi connectivity index (χ1) is 15.5. The van der Waals surface area contributed by atoms with Crippen molar-refractivity contribution in [1.29, 1.82) is 0 Å². The molecular weight excluding hydrogens is 420 g/mol. The summed E-state index contributed by atoms with van der Waals surface area (Å²) in [5.41, 5.74) is 14.8. The van der Waals surface area contributed by atoms with E-state index in [0.717, 1.165) is 31.8 Å². The van der Waals surface area contributed by atoms with E-state index < -0.39 is 11.9 Å². The molecule has 4 aromatic rings. The van der Waals surface area contributed by atoms with Gasteiger partial charge in [0.15, 0.2) is 0 Å². The minimum atomic E-state index is -0.623. The maximum Gasteiger partial charge on any atom is 0.266 e. The summed E-state index contributed by atoms with van der Waals surface area (Å²) in [7, 11) is 0. The molecule has 4 rings (SSSR count). The van der Waals surface area contributed by atoms with E-state index >= 15 is 0 Å². The Balaban J connectivity index is 1.48. The highest BCUT2D eigenvalue weighted by atomic mass is 32.2. The third-order valence-corrected chi connectivity index (χ3v) is 6.26. The van der Waals surface area contributed by atoms with Crippen molar-refractivity contribution in [3.63, 3.8) is 0 Å². The second-order valence-electron chi connectivity index (χ2n) is 7.50. The zero-order valence-electron chi connectivity index (χ0n) is 17.4. The molecule has 6 nitrogen and oxygen atoms in total. The van der Waals surface area contributed by atoms with Crippen molar-refractivity contribution >= 4 is 34.5 Å². The lowest BCUT2D eigenvalue weighted by Gasteiger charge is -2.12. The first kappa shape index (κ1) is 21.7. The Labute approximate surface area is 190 Å². The van der Waals surface area contributed by atoms with Crippen molar-refractivity contribution in [3.05, 3.63) is 95.7 Å². The van der Waals surface area contributed by atoms with Crippen molar-refractivity contribution in [2.24, 2.45) is 11.5 Å². The highest BCUT2D eigenvalue weighted by Crippen LogP contribution is 2.36. The molecule has 0 bridgehead atoms. The van der Waals surface area contributed by atoms with Crippen LogP contribution < -0.4 is 16.8 Å². The Morgan fingerprint density at radius 1 is 0.938 bits per heavy atom. The van der Waals surface area contributed by atoms with E-state index in [1.165, 1.54) is 11.8 Å². The number of aromatic amines is 1. The fraction of sp³-hybridized carbons (Fsp3) is 0.120. The van der Waals surface area contributed by atoms with Gasteiger partial charge < -0.3 is 21.8 Å². The van der Waals surface area contributed by atoms with Gasteiger partial charge in [-0.3, -0.25) is 9.59 Å². The van der Waals surface area contributed by atoms with Crippen LogP contribution in [0.4, 0.5) is 0 Å². The topological polar surface area (TPSA) is 114 Å². The Morgan fingerprint density at radius 2 is 1.62 bits per heavy atom. The van der Waals surface area contributed by atoms with E-state index in [9.17, 15) is 9.59 Å². The lowest BCUT2D eigenvalue weighted by Crippen LogP contribution is -2.41. The molecule has 0 aliphatic carbocycles. The normalized spacial score (nSPS) is 11.9. The van der Waals surface area contributed by atoms with Gasteiger partial charge in [0.1, 0.15) is 5.69 Å². The van der Waals surface area contributed by atoms with E-state index in [1.807, 2.05) is 78.9 Å². The van der Waals surface area contributed by atoms with Crippen molar-refractivity contribution in [2.45, 2.75) is 28.8 Å². The Kier molecular flexibility index (Phi) is 6.58. The predicted octanol–water partition coefficient (Wildman–Crippen LogP) is 3.60. The van der Waals surface area contributed by atoms with Gasteiger partial charge in [-0.05, 0) is 35.7 Å². The van der Waals surface area contributed by atoms with Crippen molar-refractivity contribution < 1.29 is 9.59 Å². The molecule has 0 saturated carbocycles. The summed E-state index contributed by atoms with van der Waals surface area (Å²) in [6.07, 6.45) is 0.477. The van der Waals surface area contributed by atoms with Gasteiger partial charge in [0, 0.05) is 22.3 Å². The molecule has 2 amide bonds. The summed E-state index contributed by atoms with van der Waals surface area (Å²) in [5, 5.41) is 3.80. The molecule has 7 heteroatoms. The van der Waals surface area contributed by atoms with E-state index in [1.54, 1.807) is 0 Å². The minimum Gasteiger partial charge on any atom is -0.364 e. The molecule has 0 aliphatic rings. The third-order valence-electron chi connectivity index (χ3n) is 5.13. The van der Waals surface area contributed by atoms with Crippen molar-refractivity contribution in [1.82, 2.24) is 10.3 Å². The standard InChI is InChI=1S/C25H24N4O2S/c26-20(13-16-7-3-1-4-8-16)25(31)28-15-17-11-12-19-21(14-17)29-22(24(27)30)23(19)32-18-9-5-2-6-10-18/h1-12,14,20,29H,13,15,26H2,(H2,27,30)(H,28,31). The van der Waals surface area contributed by atoms with Crippen LogP contribution in [-0.2, 0) is 17.8 Å². The minimum absolute atomic E-state index is 0.210. The Bertz CT molecular complexity index is 1240. The van der Waals surface area contributed by atoms with Crippen molar-refractivity contribution in [3.8, 4) is 0 Å². The number of hydrogen-bond donors (Lipinski definition) is 4. The van der Waals surface area contributed by atoms with Crippen LogP contribution in [0.3, 0.4) is 0 Å². The number of rotatable bonds is 8. The molecule has 0 saturated heterocycles. The molecular formula is C25H24N4O2S. The molecule has 1 unspecified atom stereocenters. The number of hydrogen-bond acceptors (Lipinski definition) is 4. The summed E-state index contributed by atoms with van der Waals surface area (Å²) in [6, 6.07) is 24.7. The zero-order valence-corrected chi connectivity index (χ0v) is 18.2. The van der Waals surface area contributed by atoms with E-state index in [0.29, 0.717) is 18.7 Å². The highest BCUT2D eigenvalue weighted by Gasteiger charge is 2.18. The lowest BCUT2D eigenvalue weighted by atomic mass is 10.1. The van der Waals surface area contributed by atoms with Gasteiger partial charge in [-0.2, -0.15) is 0 Å². The largest absolute Gasteiger partial charge is 0.364 e. The summed E-state index contributed by atoms with van der Waals surface area (Å²) in [5.74, 6) is -0.722. The smallest absolute Gasteiger partial charge is 0.266 e. The predicted molar refractivity (Wildman–Crippen MR) is 127 cm³/mol. The monoisotopic (exact) mass is 444 g/mol. The average Bonchev–Trinajstić information content (AvgIpc) is 3.16. The van der Waals surface area contributed by atoms with E-state index in [-0.39, 0.29) is 5.91 Å². The van der Waals surface area contributed by atoms with Crippen LogP contribution in [0.1, 0.15) is 21.6 Å². The molecule has 1 heterocycles. The van der Waals surface area contributed by atoms with Gasteiger partial charge in [-0.15, -0.1) is 0 Å². The molecule has 162 valence electrons. The maximum atomic E-state index is 12.4. The summed E-state index contributed by atoms with van der Waals surface area (Å²) in [6.45, 7) is 0.337. The summed E-state index contributed by atoms with van der Waals surface area (Å²) in [4.78, 5) is 29.4. The van der Waals surface area contributed by atoms with Crippen LogP contribution in [0, 0.1) is 0 Å². The van der Waals surface area contributed by atoms with Crippen LogP contribution in [0.2, 0.25) is 0 Å². The number of nitrogens with one attached hydrogen (secondary N) is 2. The number of amides is 2. The van der Waals surface area contributed by atoms with Crippen LogP contribution >= 0.6 is 11.8 Å². The number of nitrogens with two attached hydrogens (primary N) is 2. The molecule has 0 spiro atoms. The summed E-state index contributed by atoms with van der Waals surface area (Å²) >= 11 is 1.49. The second-order valence-corrected chi connectivity index (χ2v) is 8.59.